The van der Waals surface area contributed by atoms with Gasteiger partial charge in [0.1, 0.15) is 0 Å². The highest BCUT2D eigenvalue weighted by atomic mass is 32.1. The summed E-state index contributed by atoms with van der Waals surface area (Å²) < 4.78 is 2.73. The molecule has 0 atom stereocenters. The molecular formula is C46H26S. The summed E-state index contributed by atoms with van der Waals surface area (Å²) in [6.07, 6.45) is 0. The Balaban J connectivity index is 1.34. The van der Waals surface area contributed by atoms with Crippen molar-refractivity contribution in [3.63, 3.8) is 0 Å². The van der Waals surface area contributed by atoms with Gasteiger partial charge in [0, 0.05) is 25.6 Å². The molecule has 0 fully saturated rings. The fourth-order valence-corrected chi connectivity index (χ4v) is 9.76. The molecule has 0 aliphatic rings. The first-order valence-electron chi connectivity index (χ1n) is 16.3. The molecule has 0 aliphatic carbocycles. The van der Waals surface area contributed by atoms with Crippen LogP contribution in [-0.2, 0) is 0 Å². The van der Waals surface area contributed by atoms with Crippen LogP contribution in [0.5, 0.6) is 0 Å². The minimum atomic E-state index is 1.26. The van der Waals surface area contributed by atoms with E-state index in [0.717, 1.165) is 0 Å². The molecule has 0 aliphatic heterocycles. The lowest BCUT2D eigenvalue weighted by atomic mass is 9.82. The van der Waals surface area contributed by atoms with Gasteiger partial charge in [0.25, 0.3) is 0 Å². The first-order chi connectivity index (χ1) is 23.3. The molecule has 0 N–H and O–H groups in total. The summed E-state index contributed by atoms with van der Waals surface area (Å²) >= 11 is 1.93. The minimum absolute atomic E-state index is 1.26. The highest BCUT2D eigenvalue weighted by Gasteiger charge is 2.23. The fraction of sp³-hybridized carbons (Fsp3) is 0. The molecule has 0 saturated carbocycles. The van der Waals surface area contributed by atoms with Crippen LogP contribution in [0.15, 0.2) is 158 Å². The maximum atomic E-state index is 2.47. The Bertz CT molecular complexity index is 3010. The van der Waals surface area contributed by atoms with Crippen molar-refractivity contribution in [1.29, 1.82) is 0 Å². The second-order valence-electron chi connectivity index (χ2n) is 12.7. The molecule has 0 bridgehead atoms. The van der Waals surface area contributed by atoms with Gasteiger partial charge in [-0.1, -0.05) is 146 Å². The maximum absolute atomic E-state index is 2.47. The normalized spacial score (nSPS) is 12.3. The van der Waals surface area contributed by atoms with E-state index in [1.54, 1.807) is 0 Å². The number of fused-ring (bicyclic) bond motifs is 8. The van der Waals surface area contributed by atoms with Crippen LogP contribution >= 0.6 is 11.3 Å². The van der Waals surface area contributed by atoms with Crippen LogP contribution in [0.1, 0.15) is 0 Å². The standard InChI is InChI=1S/C46H26S/c1-2-15-29-27(12-1)13-9-21-30(29)42-31-16-3-5-18-33(31)43(34-19-6-4-17-32(34)42)39-26-28-14-10-23-37-41(28)44-35(39)22-11-24-38(44)46-45(37)36-20-7-8-25-40(36)47-46/h1-26H. The van der Waals surface area contributed by atoms with Gasteiger partial charge in [-0.25, -0.2) is 0 Å². The Kier molecular flexibility index (Phi) is 5.08. The quantitative estimate of drug-likeness (QED) is 0.135. The lowest BCUT2D eigenvalue weighted by Crippen LogP contribution is -1.93. The molecule has 1 heteroatoms. The lowest BCUT2D eigenvalue weighted by molar-refractivity contribution is 1.69. The molecule has 11 aromatic rings. The van der Waals surface area contributed by atoms with E-state index in [9.17, 15) is 0 Å². The van der Waals surface area contributed by atoms with E-state index >= 15 is 0 Å². The summed E-state index contributed by atoms with van der Waals surface area (Å²) in [6, 6.07) is 58.8. The van der Waals surface area contributed by atoms with Gasteiger partial charge in [0.2, 0.25) is 0 Å². The van der Waals surface area contributed by atoms with Crippen LogP contribution in [0.25, 0.3) is 107 Å². The van der Waals surface area contributed by atoms with E-state index in [1.807, 2.05) is 11.3 Å². The fourth-order valence-electron chi connectivity index (χ4n) is 8.51. The summed E-state index contributed by atoms with van der Waals surface area (Å²) in [5.41, 5.74) is 5.20. The zero-order valence-electron chi connectivity index (χ0n) is 25.4. The van der Waals surface area contributed by atoms with Crippen LogP contribution in [0.3, 0.4) is 0 Å². The second-order valence-corrected chi connectivity index (χ2v) is 13.8. The van der Waals surface area contributed by atoms with Crippen molar-refractivity contribution in [3.8, 4) is 22.3 Å². The Hall–Kier alpha value is -5.76. The molecule has 11 rings (SSSR count). The van der Waals surface area contributed by atoms with Crippen molar-refractivity contribution in [2.45, 2.75) is 0 Å². The first kappa shape index (κ1) is 25.4. The predicted molar refractivity (Wildman–Crippen MR) is 206 cm³/mol. The third-order valence-electron chi connectivity index (χ3n) is 10.4. The molecule has 1 heterocycles. The zero-order valence-corrected chi connectivity index (χ0v) is 26.2. The largest absolute Gasteiger partial charge is 0.135 e. The van der Waals surface area contributed by atoms with Gasteiger partial charge in [0.15, 0.2) is 0 Å². The Morgan fingerprint density at radius 1 is 0.298 bits per heavy atom. The van der Waals surface area contributed by atoms with Gasteiger partial charge in [-0.05, 0) is 93.6 Å². The summed E-state index contributed by atoms with van der Waals surface area (Å²) in [5, 5.41) is 18.5. The first-order valence-corrected chi connectivity index (χ1v) is 17.1. The van der Waals surface area contributed by atoms with Crippen LogP contribution in [0.4, 0.5) is 0 Å². The van der Waals surface area contributed by atoms with Gasteiger partial charge >= 0.3 is 0 Å². The summed E-state index contributed by atoms with van der Waals surface area (Å²) in [6.45, 7) is 0. The highest BCUT2D eigenvalue weighted by molar-refractivity contribution is 7.27. The Morgan fingerprint density at radius 2 is 0.809 bits per heavy atom. The third-order valence-corrected chi connectivity index (χ3v) is 11.6. The zero-order chi connectivity index (χ0) is 30.6. The number of thiophene rings is 1. The van der Waals surface area contributed by atoms with Crippen molar-refractivity contribution in [3.05, 3.63) is 158 Å². The predicted octanol–water partition coefficient (Wildman–Crippen LogP) is 13.7. The molecule has 216 valence electrons. The van der Waals surface area contributed by atoms with Gasteiger partial charge < -0.3 is 0 Å². The van der Waals surface area contributed by atoms with E-state index in [2.05, 4.69) is 158 Å². The average molecular weight is 611 g/mol. The minimum Gasteiger partial charge on any atom is -0.135 e. The number of hydrogen-bond acceptors (Lipinski definition) is 1. The highest BCUT2D eigenvalue weighted by Crippen LogP contribution is 2.51. The molecule has 1 aromatic heterocycles. The summed E-state index contributed by atoms with van der Waals surface area (Å²) in [4.78, 5) is 0. The van der Waals surface area contributed by atoms with Crippen molar-refractivity contribution in [1.82, 2.24) is 0 Å². The Morgan fingerprint density at radius 3 is 1.57 bits per heavy atom. The van der Waals surface area contributed by atoms with Crippen LogP contribution in [0.2, 0.25) is 0 Å². The molecule has 0 nitrogen and oxygen atoms in total. The van der Waals surface area contributed by atoms with Crippen molar-refractivity contribution in [2.24, 2.45) is 0 Å². The van der Waals surface area contributed by atoms with Gasteiger partial charge in [-0.2, -0.15) is 0 Å². The monoisotopic (exact) mass is 610 g/mol. The number of benzene rings is 10. The topological polar surface area (TPSA) is 0 Å². The van der Waals surface area contributed by atoms with Crippen molar-refractivity contribution < 1.29 is 0 Å². The van der Waals surface area contributed by atoms with Gasteiger partial charge in [-0.15, -0.1) is 11.3 Å². The number of hydrogen-bond donors (Lipinski definition) is 0. The number of rotatable bonds is 2. The average Bonchev–Trinajstić information content (AvgIpc) is 3.53. The van der Waals surface area contributed by atoms with Crippen LogP contribution < -0.4 is 0 Å². The molecule has 47 heavy (non-hydrogen) atoms. The maximum Gasteiger partial charge on any atom is 0.0440 e. The van der Waals surface area contributed by atoms with Crippen LogP contribution in [-0.4, -0.2) is 0 Å². The Labute approximate surface area is 275 Å². The molecule has 0 amide bonds. The van der Waals surface area contributed by atoms with E-state index in [0.29, 0.717) is 0 Å². The van der Waals surface area contributed by atoms with Crippen LogP contribution in [0, 0.1) is 0 Å². The summed E-state index contributed by atoms with van der Waals surface area (Å²) in [7, 11) is 0. The van der Waals surface area contributed by atoms with Crippen molar-refractivity contribution >= 4 is 96.1 Å². The lowest BCUT2D eigenvalue weighted by Gasteiger charge is -2.21. The molecule has 0 spiro atoms. The molecule has 0 saturated heterocycles. The van der Waals surface area contributed by atoms with E-state index in [1.165, 1.54) is 107 Å². The van der Waals surface area contributed by atoms with Gasteiger partial charge in [-0.3, -0.25) is 0 Å². The molecule has 0 radical (unpaired) electrons. The van der Waals surface area contributed by atoms with Gasteiger partial charge in [0.05, 0.1) is 0 Å². The molecule has 10 aromatic carbocycles. The second kappa shape index (κ2) is 9.39. The molecule has 0 unspecified atom stereocenters. The SMILES string of the molecule is c1ccc2c(-c3c4ccccc4c(-c4cc5cccc6c7c8ccccc8sc7c7cccc4c7c56)c4ccccc34)cccc2c1. The third kappa shape index (κ3) is 3.36. The van der Waals surface area contributed by atoms with E-state index in [4.69, 9.17) is 0 Å². The van der Waals surface area contributed by atoms with E-state index in [-0.39, 0.29) is 0 Å². The molecular weight excluding hydrogens is 585 g/mol. The smallest absolute Gasteiger partial charge is 0.0440 e. The van der Waals surface area contributed by atoms with E-state index < -0.39 is 0 Å². The van der Waals surface area contributed by atoms with Crippen molar-refractivity contribution in [2.75, 3.05) is 0 Å². The summed E-state index contributed by atoms with van der Waals surface area (Å²) in [5.74, 6) is 0.